The highest BCUT2D eigenvalue weighted by Crippen LogP contribution is 2.20. The van der Waals surface area contributed by atoms with Gasteiger partial charge in [0.1, 0.15) is 0 Å². The van der Waals surface area contributed by atoms with Gasteiger partial charge in [-0.25, -0.2) is 0 Å². The van der Waals surface area contributed by atoms with E-state index in [1.54, 1.807) is 4.90 Å². The number of hydrogen-bond donors (Lipinski definition) is 1. The molecule has 0 aliphatic rings. The molecule has 5 heteroatoms. The van der Waals surface area contributed by atoms with Gasteiger partial charge in [-0.2, -0.15) is 0 Å². The first kappa shape index (κ1) is 20.0. The fourth-order valence-corrected chi connectivity index (χ4v) is 2.97. The molecule has 0 saturated carbocycles. The number of hydrogen-bond acceptors (Lipinski definition) is 2. The van der Waals surface area contributed by atoms with Crippen molar-refractivity contribution in [1.82, 2.24) is 10.2 Å². The molecule has 0 spiro atoms. The summed E-state index contributed by atoms with van der Waals surface area (Å²) in [4.78, 5) is 25.8. The molecule has 0 heterocycles. The lowest BCUT2D eigenvalue weighted by molar-refractivity contribution is -0.131. The van der Waals surface area contributed by atoms with Gasteiger partial charge in [-0.05, 0) is 36.6 Å². The van der Waals surface area contributed by atoms with Crippen molar-refractivity contribution in [3.05, 3.63) is 70.7 Å². The van der Waals surface area contributed by atoms with Crippen molar-refractivity contribution >= 4 is 23.4 Å². The highest BCUT2D eigenvalue weighted by atomic mass is 35.5. The van der Waals surface area contributed by atoms with Crippen LogP contribution in [0.25, 0.3) is 0 Å². The van der Waals surface area contributed by atoms with Crippen LogP contribution in [-0.4, -0.2) is 29.8 Å². The van der Waals surface area contributed by atoms with E-state index >= 15 is 0 Å². The molecule has 1 N–H and O–H groups in total. The molecule has 0 bridgehead atoms. The van der Waals surface area contributed by atoms with Crippen LogP contribution in [0.2, 0.25) is 5.02 Å². The number of nitrogens with one attached hydrogen (secondary N) is 1. The molecule has 4 nitrogen and oxygen atoms in total. The predicted octanol–water partition coefficient (Wildman–Crippen LogP) is 4.00. The molecule has 0 aromatic heterocycles. The average molecular weight is 373 g/mol. The Morgan fingerprint density at radius 1 is 1.08 bits per heavy atom. The van der Waals surface area contributed by atoms with Crippen molar-refractivity contribution in [1.29, 1.82) is 0 Å². The van der Waals surface area contributed by atoms with Crippen molar-refractivity contribution < 1.29 is 9.59 Å². The van der Waals surface area contributed by atoms with Crippen molar-refractivity contribution in [3.8, 4) is 0 Å². The first-order valence-electron chi connectivity index (χ1n) is 8.80. The van der Waals surface area contributed by atoms with Crippen LogP contribution < -0.4 is 5.32 Å². The second kappa shape index (κ2) is 9.97. The minimum absolute atomic E-state index is 0.0321. The van der Waals surface area contributed by atoms with Gasteiger partial charge >= 0.3 is 0 Å². The van der Waals surface area contributed by atoms with Crippen LogP contribution >= 0.6 is 11.6 Å². The van der Waals surface area contributed by atoms with Crippen LogP contribution in [0.15, 0.2) is 54.6 Å². The summed E-state index contributed by atoms with van der Waals surface area (Å²) in [5.74, 6) is -0.0826. The van der Waals surface area contributed by atoms with E-state index in [2.05, 4.69) is 5.32 Å². The molecule has 0 saturated heterocycles. The van der Waals surface area contributed by atoms with E-state index in [1.807, 2.05) is 61.5 Å². The topological polar surface area (TPSA) is 49.4 Å². The number of nitrogens with zero attached hydrogens (tertiary/aromatic N) is 1. The monoisotopic (exact) mass is 372 g/mol. The average Bonchev–Trinajstić information content (AvgIpc) is 2.64. The lowest BCUT2D eigenvalue weighted by Gasteiger charge is -2.28. The Labute approximate surface area is 160 Å². The number of carbonyl (C=O) groups excluding carboxylic acids is 2. The summed E-state index contributed by atoms with van der Waals surface area (Å²) in [6.07, 6.45) is 1.04. The summed E-state index contributed by atoms with van der Waals surface area (Å²) in [6.45, 7) is 4.49. The van der Waals surface area contributed by atoms with Gasteiger partial charge in [0, 0.05) is 31.5 Å². The molecule has 2 rings (SSSR count). The molecule has 1 atom stereocenters. The Hall–Kier alpha value is -2.33. The Morgan fingerprint density at radius 2 is 1.73 bits per heavy atom. The SMILES string of the molecule is CC(=O)N(CCC(=O)NCCc1ccc(Cl)cc1)C(C)c1ccccc1. The molecule has 0 radical (unpaired) electrons. The van der Waals surface area contributed by atoms with Gasteiger partial charge in [-0.3, -0.25) is 9.59 Å². The quantitative estimate of drug-likeness (QED) is 0.761. The standard InChI is InChI=1S/C21H25ClN2O2/c1-16(19-6-4-3-5-7-19)24(17(2)25)15-13-21(26)23-14-12-18-8-10-20(22)11-9-18/h3-11,16H,12-15H2,1-2H3,(H,23,26). The molecule has 2 amide bonds. The maximum absolute atomic E-state index is 12.1. The Balaban J connectivity index is 1.79. The summed E-state index contributed by atoms with van der Waals surface area (Å²) in [5.41, 5.74) is 2.18. The third-order valence-corrected chi connectivity index (χ3v) is 4.63. The zero-order chi connectivity index (χ0) is 18.9. The second-order valence-electron chi connectivity index (χ2n) is 6.28. The van der Waals surface area contributed by atoms with Gasteiger partial charge in [0.2, 0.25) is 11.8 Å². The van der Waals surface area contributed by atoms with Gasteiger partial charge in [0.25, 0.3) is 0 Å². The number of amides is 2. The van der Waals surface area contributed by atoms with Crippen LogP contribution in [-0.2, 0) is 16.0 Å². The maximum atomic E-state index is 12.1. The molecule has 2 aromatic carbocycles. The molecule has 138 valence electrons. The van der Waals surface area contributed by atoms with Gasteiger partial charge in [0.15, 0.2) is 0 Å². The van der Waals surface area contributed by atoms with Crippen LogP contribution in [0.1, 0.15) is 37.4 Å². The molecule has 26 heavy (non-hydrogen) atoms. The minimum Gasteiger partial charge on any atom is -0.356 e. The van der Waals surface area contributed by atoms with Crippen LogP contribution in [0, 0.1) is 0 Å². The second-order valence-corrected chi connectivity index (χ2v) is 6.71. The third kappa shape index (κ3) is 6.19. The zero-order valence-corrected chi connectivity index (χ0v) is 16.0. The van der Waals surface area contributed by atoms with E-state index in [-0.39, 0.29) is 24.3 Å². The number of halogens is 1. The van der Waals surface area contributed by atoms with Crippen molar-refractivity contribution in [2.45, 2.75) is 32.7 Å². The van der Waals surface area contributed by atoms with Crippen molar-refractivity contribution in [2.24, 2.45) is 0 Å². The number of benzene rings is 2. The van der Waals surface area contributed by atoms with Crippen molar-refractivity contribution in [2.75, 3.05) is 13.1 Å². The van der Waals surface area contributed by atoms with E-state index in [1.165, 1.54) is 6.92 Å². The van der Waals surface area contributed by atoms with Gasteiger partial charge < -0.3 is 10.2 Å². The Kier molecular flexibility index (Phi) is 7.67. The predicted molar refractivity (Wildman–Crippen MR) is 105 cm³/mol. The highest BCUT2D eigenvalue weighted by molar-refractivity contribution is 6.30. The first-order chi connectivity index (χ1) is 12.5. The zero-order valence-electron chi connectivity index (χ0n) is 15.2. The van der Waals surface area contributed by atoms with E-state index in [0.717, 1.165) is 17.5 Å². The molecular weight excluding hydrogens is 348 g/mol. The lowest BCUT2D eigenvalue weighted by atomic mass is 10.1. The summed E-state index contributed by atoms with van der Waals surface area (Å²) in [6, 6.07) is 17.4. The largest absolute Gasteiger partial charge is 0.356 e. The Bertz CT molecular complexity index is 717. The molecule has 0 fully saturated rings. The number of carbonyl (C=O) groups is 2. The van der Waals surface area contributed by atoms with E-state index < -0.39 is 0 Å². The highest BCUT2D eigenvalue weighted by Gasteiger charge is 2.19. The van der Waals surface area contributed by atoms with Crippen molar-refractivity contribution in [3.63, 3.8) is 0 Å². The molecule has 0 aliphatic heterocycles. The first-order valence-corrected chi connectivity index (χ1v) is 9.18. The molecule has 2 aromatic rings. The van der Waals surface area contributed by atoms with Gasteiger partial charge in [-0.15, -0.1) is 0 Å². The maximum Gasteiger partial charge on any atom is 0.221 e. The fourth-order valence-electron chi connectivity index (χ4n) is 2.84. The minimum atomic E-state index is -0.0597. The molecule has 1 unspecified atom stereocenters. The van der Waals surface area contributed by atoms with Gasteiger partial charge in [-0.1, -0.05) is 54.1 Å². The number of rotatable bonds is 8. The lowest BCUT2D eigenvalue weighted by Crippen LogP contribution is -2.36. The van der Waals surface area contributed by atoms with Crippen LogP contribution in [0.3, 0.4) is 0 Å². The molecule has 0 aliphatic carbocycles. The van der Waals surface area contributed by atoms with Gasteiger partial charge in [0.05, 0.1) is 6.04 Å². The summed E-state index contributed by atoms with van der Waals surface area (Å²) in [7, 11) is 0. The summed E-state index contributed by atoms with van der Waals surface area (Å²) >= 11 is 5.86. The third-order valence-electron chi connectivity index (χ3n) is 4.38. The van der Waals surface area contributed by atoms with Crippen LogP contribution in [0.4, 0.5) is 0 Å². The van der Waals surface area contributed by atoms with E-state index in [0.29, 0.717) is 18.1 Å². The fraction of sp³-hybridized carbons (Fsp3) is 0.333. The smallest absolute Gasteiger partial charge is 0.221 e. The normalized spacial score (nSPS) is 11.7. The van der Waals surface area contributed by atoms with E-state index in [4.69, 9.17) is 11.6 Å². The summed E-state index contributed by atoms with van der Waals surface area (Å²) in [5, 5.41) is 3.61. The Morgan fingerprint density at radius 3 is 2.35 bits per heavy atom. The molecular formula is C21H25ClN2O2. The van der Waals surface area contributed by atoms with E-state index in [9.17, 15) is 9.59 Å². The van der Waals surface area contributed by atoms with Crippen LogP contribution in [0.5, 0.6) is 0 Å². The summed E-state index contributed by atoms with van der Waals surface area (Å²) < 4.78 is 0.